The van der Waals surface area contributed by atoms with E-state index in [1.165, 1.54) is 18.6 Å². The van der Waals surface area contributed by atoms with Crippen molar-refractivity contribution >= 4 is 28.5 Å². The third kappa shape index (κ3) is 4.26. The molecule has 0 amide bonds. The molecule has 25 heavy (non-hydrogen) atoms. The zero-order chi connectivity index (χ0) is 17.3. The van der Waals surface area contributed by atoms with Gasteiger partial charge in [-0.15, -0.1) is 0 Å². The summed E-state index contributed by atoms with van der Waals surface area (Å²) in [6.07, 6.45) is 0.757. The van der Waals surface area contributed by atoms with Gasteiger partial charge in [0.2, 0.25) is 0 Å². The van der Waals surface area contributed by atoms with Crippen molar-refractivity contribution in [2.75, 3.05) is 5.32 Å². The fourth-order valence-corrected chi connectivity index (χ4v) is 2.05. The second kappa shape index (κ2) is 7.08. The van der Waals surface area contributed by atoms with Gasteiger partial charge in [0, 0.05) is 18.6 Å². The van der Waals surface area contributed by atoms with Crippen LogP contribution in [0.4, 0.5) is 24.8 Å². The minimum absolute atomic E-state index is 0. The van der Waals surface area contributed by atoms with Gasteiger partial charge in [0.15, 0.2) is 5.82 Å². The number of rotatable bonds is 4. The van der Waals surface area contributed by atoms with Gasteiger partial charge >= 0.3 is 25.0 Å². The first-order chi connectivity index (χ1) is 11.3. The van der Waals surface area contributed by atoms with Gasteiger partial charge < -0.3 is 15.2 Å². The zero-order valence-corrected chi connectivity index (χ0v) is 12.8. The molecular weight excluding hydrogens is 336 g/mol. The molecule has 3 heterocycles. The molecule has 0 saturated heterocycles. The summed E-state index contributed by atoms with van der Waals surface area (Å²) in [5, 5.41) is 17.6. The van der Waals surface area contributed by atoms with Crippen LogP contribution in [-0.2, 0) is 6.54 Å². The molecule has 0 aliphatic heterocycles. The van der Waals surface area contributed by atoms with Crippen molar-refractivity contribution in [2.24, 2.45) is 0 Å². The number of anilines is 2. The van der Waals surface area contributed by atoms with E-state index in [0.717, 1.165) is 12.3 Å². The van der Waals surface area contributed by atoms with Crippen molar-refractivity contribution in [1.29, 1.82) is 0 Å². The minimum atomic E-state index is -4.53. The molecule has 12 heteroatoms. The number of nitrogens with zero attached hydrogens (tertiary/aromatic N) is 5. The Morgan fingerprint density at radius 2 is 2.00 bits per heavy atom. The Hall–Kier alpha value is -2.64. The molecule has 0 radical (unpaired) electrons. The maximum atomic E-state index is 12.7. The van der Waals surface area contributed by atoms with Crippen molar-refractivity contribution in [3.63, 3.8) is 0 Å². The van der Waals surface area contributed by atoms with E-state index in [0.29, 0.717) is 4.68 Å². The molecule has 0 aliphatic carbocycles. The monoisotopic (exact) mass is 344 g/mol. The number of aromatic nitrogens is 5. The van der Waals surface area contributed by atoms with Crippen LogP contribution in [0.5, 0.6) is 0 Å². The Kier molecular flexibility index (Phi) is 5.29. The molecule has 0 atom stereocenters. The molecule has 3 rings (SSSR count). The maximum absolute atomic E-state index is 12.7. The summed E-state index contributed by atoms with van der Waals surface area (Å²) in [7, 11) is 0. The number of carboxylic acid groups (broad SMARTS) is 1. The number of alkyl halides is 3. The first-order valence-corrected chi connectivity index (χ1v) is 6.51. The molecule has 3 aromatic rings. The average molecular weight is 344 g/mol. The van der Waals surface area contributed by atoms with Gasteiger partial charge in [-0.3, -0.25) is 14.6 Å². The first kappa shape index (κ1) is 18.7. The summed E-state index contributed by atoms with van der Waals surface area (Å²) in [5.74, 6) is -1.28. The van der Waals surface area contributed by atoms with E-state index in [2.05, 4.69) is 25.4 Å². The van der Waals surface area contributed by atoms with Crippen molar-refractivity contribution in [1.82, 2.24) is 24.7 Å². The zero-order valence-electron chi connectivity index (χ0n) is 12.8. The van der Waals surface area contributed by atoms with Crippen molar-refractivity contribution in [2.45, 2.75) is 12.7 Å². The standard InChI is InChI=1S/C13H9F3N6O2.Li/c14-13(15,16)6-22-9-3-8(12(23)24)19-4-7(9)11(21-22)20-10-5-17-1-2-18-10;/h1-5H,6H2,(H,23,24)(H,18,20,21);/q;+1/p-1. The number of carbonyl (C=O) groups excluding carboxylic acids is 1. The van der Waals surface area contributed by atoms with Crippen LogP contribution in [0, 0.1) is 0 Å². The number of hydrogen-bond acceptors (Lipinski definition) is 7. The van der Waals surface area contributed by atoms with Crippen LogP contribution in [-0.4, -0.2) is 36.9 Å². The van der Waals surface area contributed by atoms with Crippen LogP contribution in [0.3, 0.4) is 0 Å². The molecule has 124 valence electrons. The van der Waals surface area contributed by atoms with Crippen LogP contribution in [0.1, 0.15) is 10.5 Å². The first-order valence-electron chi connectivity index (χ1n) is 6.51. The van der Waals surface area contributed by atoms with E-state index in [4.69, 9.17) is 0 Å². The van der Waals surface area contributed by atoms with E-state index in [-0.39, 0.29) is 41.4 Å². The number of nitrogens with one attached hydrogen (secondary N) is 1. The Morgan fingerprint density at radius 1 is 1.24 bits per heavy atom. The maximum Gasteiger partial charge on any atom is 1.00 e. The van der Waals surface area contributed by atoms with E-state index in [1.807, 2.05) is 0 Å². The second-order valence-electron chi connectivity index (χ2n) is 4.71. The van der Waals surface area contributed by atoms with Crippen LogP contribution >= 0.6 is 0 Å². The van der Waals surface area contributed by atoms with Gasteiger partial charge in [0.1, 0.15) is 12.4 Å². The molecular formula is C13H8F3LiN6O2. The topological polar surface area (TPSA) is 109 Å². The summed E-state index contributed by atoms with van der Waals surface area (Å²) < 4.78 is 38.8. The van der Waals surface area contributed by atoms with Gasteiger partial charge in [-0.25, -0.2) is 4.98 Å². The molecule has 0 spiro atoms. The van der Waals surface area contributed by atoms with E-state index in [9.17, 15) is 23.1 Å². The number of hydrogen-bond donors (Lipinski definition) is 1. The molecule has 0 aliphatic rings. The number of pyridine rings is 1. The quantitative estimate of drug-likeness (QED) is 0.540. The van der Waals surface area contributed by atoms with Crippen LogP contribution in [0.25, 0.3) is 10.9 Å². The summed E-state index contributed by atoms with van der Waals surface area (Å²) >= 11 is 0. The number of carbonyl (C=O) groups is 1. The Morgan fingerprint density at radius 3 is 2.60 bits per heavy atom. The predicted molar refractivity (Wildman–Crippen MR) is 73.2 cm³/mol. The molecule has 0 unspecified atom stereocenters. The molecule has 1 N–H and O–H groups in total. The third-order valence-electron chi connectivity index (χ3n) is 2.98. The van der Waals surface area contributed by atoms with Gasteiger partial charge in [0.05, 0.1) is 28.8 Å². The predicted octanol–water partition coefficient (Wildman–Crippen LogP) is -2.11. The summed E-state index contributed by atoms with van der Waals surface area (Å²) in [5.41, 5.74) is -0.537. The molecule has 8 nitrogen and oxygen atoms in total. The minimum Gasteiger partial charge on any atom is -0.543 e. The van der Waals surface area contributed by atoms with E-state index >= 15 is 0 Å². The molecule has 0 fully saturated rings. The van der Waals surface area contributed by atoms with Crippen molar-refractivity contribution < 1.29 is 41.9 Å². The fourth-order valence-electron chi connectivity index (χ4n) is 2.05. The van der Waals surface area contributed by atoms with Crippen molar-refractivity contribution in [3.8, 4) is 0 Å². The smallest absolute Gasteiger partial charge is 0.543 e. The van der Waals surface area contributed by atoms with Crippen LogP contribution in [0.15, 0.2) is 30.9 Å². The van der Waals surface area contributed by atoms with E-state index in [1.54, 1.807) is 0 Å². The number of halogens is 3. The van der Waals surface area contributed by atoms with Gasteiger partial charge in [-0.1, -0.05) is 0 Å². The second-order valence-corrected chi connectivity index (χ2v) is 4.71. The summed E-state index contributed by atoms with van der Waals surface area (Å²) in [6.45, 7) is -1.39. The fraction of sp³-hybridized carbons (Fsp3) is 0.154. The molecule has 0 saturated carbocycles. The number of fused-ring (bicyclic) bond motifs is 1. The number of carboxylic acids is 1. The van der Waals surface area contributed by atoms with E-state index < -0.39 is 24.4 Å². The van der Waals surface area contributed by atoms with Crippen LogP contribution < -0.4 is 29.3 Å². The SMILES string of the molecule is O=C([O-])c1cc2c(cn1)c(Nc1cnccn1)nn2CC(F)(F)F.[Li+]. The Bertz CT molecular complexity index is 900. The normalized spacial score (nSPS) is 11.2. The third-order valence-corrected chi connectivity index (χ3v) is 2.98. The summed E-state index contributed by atoms with van der Waals surface area (Å²) in [4.78, 5) is 22.3. The van der Waals surface area contributed by atoms with Crippen molar-refractivity contribution in [3.05, 3.63) is 36.5 Å². The molecule has 0 aromatic carbocycles. The van der Waals surface area contributed by atoms with Gasteiger partial charge in [-0.2, -0.15) is 18.3 Å². The molecule has 0 bridgehead atoms. The van der Waals surface area contributed by atoms with Gasteiger partial charge in [0.25, 0.3) is 0 Å². The average Bonchev–Trinajstić information content (AvgIpc) is 2.83. The Labute approximate surface area is 150 Å². The van der Waals surface area contributed by atoms with Gasteiger partial charge in [-0.05, 0) is 6.07 Å². The number of aromatic carboxylic acids is 1. The Balaban J connectivity index is 0.00000225. The molecule has 3 aromatic heterocycles. The van der Waals surface area contributed by atoms with Crippen LogP contribution in [0.2, 0.25) is 0 Å². The summed E-state index contributed by atoms with van der Waals surface area (Å²) in [6, 6.07) is 0.977. The largest absolute Gasteiger partial charge is 1.00 e.